The third-order valence-electron chi connectivity index (χ3n) is 5.72. The van der Waals surface area contributed by atoms with E-state index in [1.807, 2.05) is 6.92 Å². The van der Waals surface area contributed by atoms with Crippen molar-refractivity contribution in [1.82, 2.24) is 10.3 Å². The molecule has 7 heteroatoms. The highest BCUT2D eigenvalue weighted by atomic mass is 19.3. The van der Waals surface area contributed by atoms with Crippen LogP contribution in [0.15, 0.2) is 30.5 Å². The van der Waals surface area contributed by atoms with Crippen LogP contribution in [0, 0.1) is 23.7 Å². The van der Waals surface area contributed by atoms with Crippen molar-refractivity contribution in [2.75, 3.05) is 11.9 Å². The lowest BCUT2D eigenvalue weighted by Crippen LogP contribution is -2.33. The Balaban J connectivity index is 1.84. The van der Waals surface area contributed by atoms with E-state index in [2.05, 4.69) is 21.7 Å². The summed E-state index contributed by atoms with van der Waals surface area (Å²) >= 11 is 0. The van der Waals surface area contributed by atoms with Gasteiger partial charge in [0.2, 0.25) is 5.91 Å². The largest absolute Gasteiger partial charge is 0.356 e. The van der Waals surface area contributed by atoms with Gasteiger partial charge in [0.05, 0.1) is 29.1 Å². The molecule has 2 atom stereocenters. The minimum atomic E-state index is -3.08. The fourth-order valence-corrected chi connectivity index (χ4v) is 3.89. The number of aromatic nitrogens is 1. The van der Waals surface area contributed by atoms with Gasteiger partial charge in [0.1, 0.15) is 11.5 Å². The Hall–Kier alpha value is -3.01. The molecule has 1 aromatic heterocycles. The molecule has 0 radical (unpaired) electrons. The van der Waals surface area contributed by atoms with Gasteiger partial charge >= 0.3 is 0 Å². The van der Waals surface area contributed by atoms with Gasteiger partial charge in [-0.1, -0.05) is 19.1 Å². The third kappa shape index (κ3) is 3.23. The number of amides is 1. The Labute approximate surface area is 169 Å². The van der Waals surface area contributed by atoms with Gasteiger partial charge in [-0.2, -0.15) is 5.26 Å². The van der Waals surface area contributed by atoms with Gasteiger partial charge in [0.15, 0.2) is 0 Å². The number of pyridine rings is 1. The average molecular weight is 398 g/mol. The molecule has 1 heterocycles. The van der Waals surface area contributed by atoms with Crippen LogP contribution < -0.4 is 10.6 Å². The summed E-state index contributed by atoms with van der Waals surface area (Å²) < 4.78 is 28.9. The van der Waals surface area contributed by atoms with Crippen LogP contribution in [0.5, 0.6) is 0 Å². The summed E-state index contributed by atoms with van der Waals surface area (Å²) in [6.07, 6.45) is 2.33. The zero-order chi connectivity index (χ0) is 21.4. The van der Waals surface area contributed by atoms with Gasteiger partial charge in [-0.15, -0.1) is 0 Å². The molecule has 0 spiro atoms. The number of hydrogen-bond donors (Lipinski definition) is 2. The second-order valence-electron chi connectivity index (χ2n) is 7.44. The topological polar surface area (TPSA) is 77.8 Å². The molecule has 1 aliphatic rings. The van der Waals surface area contributed by atoms with E-state index in [0.717, 1.165) is 5.56 Å². The molecule has 1 fully saturated rings. The molecular formula is C22H24F2N4O. The average Bonchev–Trinajstić information content (AvgIpc) is 3.17. The Morgan fingerprint density at radius 2 is 1.93 bits per heavy atom. The van der Waals surface area contributed by atoms with E-state index in [1.54, 1.807) is 44.3 Å². The molecule has 2 aromatic rings. The number of nitrogens with zero attached hydrogens (tertiary/aromatic N) is 2. The van der Waals surface area contributed by atoms with Gasteiger partial charge in [0, 0.05) is 12.2 Å². The molecular weight excluding hydrogens is 374 g/mol. The van der Waals surface area contributed by atoms with Crippen LogP contribution in [0.25, 0.3) is 0 Å². The number of carbonyl (C=O) groups excluding carboxylic acids is 1. The molecule has 152 valence electrons. The maximum absolute atomic E-state index is 14.5. The summed E-state index contributed by atoms with van der Waals surface area (Å²) in [4.78, 5) is 16.4. The van der Waals surface area contributed by atoms with E-state index in [9.17, 15) is 18.8 Å². The van der Waals surface area contributed by atoms with Gasteiger partial charge in [0.25, 0.3) is 5.92 Å². The monoisotopic (exact) mass is 398 g/mol. The summed E-state index contributed by atoms with van der Waals surface area (Å²) in [6.45, 7) is 7.08. The second kappa shape index (κ2) is 7.43. The first-order valence-corrected chi connectivity index (χ1v) is 9.63. The van der Waals surface area contributed by atoms with E-state index >= 15 is 0 Å². The van der Waals surface area contributed by atoms with Gasteiger partial charge in [-0.25, -0.2) is 8.78 Å². The van der Waals surface area contributed by atoms with E-state index in [4.69, 9.17) is 0 Å². The Kier molecular flexibility index (Phi) is 5.31. The smallest absolute Gasteiger partial charge is 0.270 e. The Morgan fingerprint density at radius 1 is 1.28 bits per heavy atom. The normalized spacial score (nSPS) is 21.9. The maximum Gasteiger partial charge on any atom is 0.270 e. The van der Waals surface area contributed by atoms with Crippen LogP contribution in [0.4, 0.5) is 20.2 Å². The van der Waals surface area contributed by atoms with Crippen molar-refractivity contribution < 1.29 is 13.6 Å². The summed E-state index contributed by atoms with van der Waals surface area (Å²) in [5, 5.41) is 15.1. The van der Waals surface area contributed by atoms with Crippen LogP contribution in [0.2, 0.25) is 0 Å². The minimum absolute atomic E-state index is 0.315. The van der Waals surface area contributed by atoms with Gasteiger partial charge in [-0.05, 0) is 50.5 Å². The fourth-order valence-electron chi connectivity index (χ4n) is 3.89. The van der Waals surface area contributed by atoms with E-state index in [0.29, 0.717) is 41.2 Å². The lowest BCUT2D eigenvalue weighted by molar-refractivity contribution is -0.129. The second-order valence-corrected chi connectivity index (χ2v) is 7.44. The van der Waals surface area contributed by atoms with Crippen molar-refractivity contribution in [2.24, 2.45) is 5.41 Å². The summed E-state index contributed by atoms with van der Waals surface area (Å²) in [5.41, 5.74) is 2.19. The van der Waals surface area contributed by atoms with Crippen LogP contribution in [-0.2, 0) is 11.2 Å². The van der Waals surface area contributed by atoms with Crippen molar-refractivity contribution in [3.05, 3.63) is 52.8 Å². The van der Waals surface area contributed by atoms with Crippen molar-refractivity contribution in [3.63, 3.8) is 0 Å². The molecule has 0 aliphatic heterocycles. The zero-order valence-corrected chi connectivity index (χ0v) is 16.9. The number of benzene rings is 1. The van der Waals surface area contributed by atoms with Crippen molar-refractivity contribution in [2.45, 2.75) is 46.0 Å². The summed E-state index contributed by atoms with van der Waals surface area (Å²) in [5.74, 6) is -4.85. The first kappa shape index (κ1) is 20.7. The number of nitriles is 1. The van der Waals surface area contributed by atoms with E-state index < -0.39 is 23.2 Å². The van der Waals surface area contributed by atoms with Crippen molar-refractivity contribution >= 4 is 17.3 Å². The molecule has 0 bridgehead atoms. The van der Waals surface area contributed by atoms with Crippen LogP contribution in [-0.4, -0.2) is 23.4 Å². The molecule has 3 rings (SSSR count). The molecule has 1 aliphatic carbocycles. The third-order valence-corrected chi connectivity index (χ3v) is 5.72. The predicted octanol–water partition coefficient (Wildman–Crippen LogP) is 4.44. The molecule has 1 aromatic carbocycles. The number of alkyl halides is 2. The number of carbonyl (C=O) groups is 1. The molecule has 29 heavy (non-hydrogen) atoms. The number of hydrogen-bond acceptors (Lipinski definition) is 4. The quantitative estimate of drug-likeness (QED) is 0.754. The SMILES string of the molecule is CCNC(=O)C1(C)C(c2ccc(Nc3cnc(C)c(C#N)c3CC)cc2)C1(F)F. The van der Waals surface area contributed by atoms with Crippen LogP contribution in [0.3, 0.4) is 0 Å². The molecule has 0 saturated heterocycles. The Morgan fingerprint density at radius 3 is 2.48 bits per heavy atom. The highest BCUT2D eigenvalue weighted by Gasteiger charge is 2.82. The summed E-state index contributed by atoms with van der Waals surface area (Å²) in [7, 11) is 0. The first-order chi connectivity index (χ1) is 13.7. The van der Waals surface area contributed by atoms with Gasteiger partial charge in [-0.3, -0.25) is 9.78 Å². The summed E-state index contributed by atoms with van der Waals surface area (Å²) in [6, 6.07) is 8.82. The van der Waals surface area contributed by atoms with Crippen molar-refractivity contribution in [1.29, 1.82) is 5.26 Å². The number of aryl methyl sites for hydroxylation is 1. The number of halogens is 2. The minimum Gasteiger partial charge on any atom is -0.356 e. The number of nitrogens with one attached hydrogen (secondary N) is 2. The maximum atomic E-state index is 14.5. The molecule has 1 saturated carbocycles. The highest BCUT2D eigenvalue weighted by molar-refractivity contribution is 5.89. The highest BCUT2D eigenvalue weighted by Crippen LogP contribution is 2.71. The zero-order valence-electron chi connectivity index (χ0n) is 16.9. The van der Waals surface area contributed by atoms with Crippen LogP contribution >= 0.6 is 0 Å². The number of anilines is 2. The number of rotatable bonds is 6. The molecule has 1 amide bonds. The van der Waals surface area contributed by atoms with Crippen molar-refractivity contribution in [3.8, 4) is 6.07 Å². The lowest BCUT2D eigenvalue weighted by Gasteiger charge is -2.14. The molecule has 2 N–H and O–H groups in total. The Bertz CT molecular complexity index is 982. The lowest BCUT2D eigenvalue weighted by atomic mass is 9.99. The van der Waals surface area contributed by atoms with E-state index in [-0.39, 0.29) is 0 Å². The van der Waals surface area contributed by atoms with Gasteiger partial charge < -0.3 is 10.6 Å². The predicted molar refractivity (Wildman–Crippen MR) is 107 cm³/mol. The van der Waals surface area contributed by atoms with Crippen LogP contribution in [0.1, 0.15) is 49.1 Å². The molecule has 2 unspecified atom stereocenters. The standard InChI is InChI=1S/C22H24F2N4O/c1-5-16-17(11-25)13(3)27-12-18(16)28-15-9-7-14(8-10-15)19-21(4,22(19,23)24)20(29)26-6-2/h7-10,12,19,28H,5-6H2,1-4H3,(H,26,29). The first-order valence-electron chi connectivity index (χ1n) is 9.63. The molecule has 5 nitrogen and oxygen atoms in total. The fraction of sp³-hybridized carbons (Fsp3) is 0.409. The van der Waals surface area contributed by atoms with E-state index in [1.165, 1.54) is 6.92 Å².